The Bertz CT molecular complexity index is 1910. The minimum atomic E-state index is -0.524. The van der Waals surface area contributed by atoms with Gasteiger partial charge in [0.2, 0.25) is 0 Å². The van der Waals surface area contributed by atoms with E-state index in [-0.39, 0.29) is 22.8 Å². The third-order valence-electron chi connectivity index (χ3n) is 7.97. The lowest BCUT2D eigenvalue weighted by Gasteiger charge is -2.24. The molecule has 10 heteroatoms. The third kappa shape index (κ3) is 9.16. The summed E-state index contributed by atoms with van der Waals surface area (Å²) in [7, 11) is 0. The molecule has 2 aromatic carbocycles. The Morgan fingerprint density at radius 1 is 1.00 bits per heavy atom. The molecule has 0 bridgehead atoms. The van der Waals surface area contributed by atoms with Crippen molar-refractivity contribution in [1.29, 1.82) is 0 Å². The average Bonchev–Trinajstić information content (AvgIpc) is 3.57. The summed E-state index contributed by atoms with van der Waals surface area (Å²) in [6, 6.07) is 18.6. The standard InChI is InChI=1S/C39H46N6O4/c1-7-8-19-45-20-16-31(32-23-30(12-14-35(32)49-26(2)3)48-25-28-10-9-17-40-24-28)36(37(45)46)43-38(47)42-34-22-27(21-29-15-18-41-44-29)11-13-33(34)39(4,5)6/h9-18,20,22-24,26H,7-8,19,21,25H2,1-6H3,(H,41,44)(H2,42,43,47). The van der Waals surface area contributed by atoms with E-state index in [1.807, 2.05) is 68.4 Å². The van der Waals surface area contributed by atoms with Gasteiger partial charge in [-0.05, 0) is 79.3 Å². The minimum Gasteiger partial charge on any atom is -0.490 e. The molecule has 5 rings (SSSR count). The molecule has 2 amide bonds. The quantitative estimate of drug-likeness (QED) is 0.117. The van der Waals surface area contributed by atoms with Crippen LogP contribution in [-0.4, -0.2) is 31.9 Å². The second-order valence-electron chi connectivity index (χ2n) is 13.4. The van der Waals surface area contributed by atoms with E-state index in [4.69, 9.17) is 9.47 Å². The lowest BCUT2D eigenvalue weighted by Crippen LogP contribution is -2.29. The zero-order valence-electron chi connectivity index (χ0n) is 29.2. The van der Waals surface area contributed by atoms with Gasteiger partial charge in [-0.2, -0.15) is 5.10 Å². The van der Waals surface area contributed by atoms with Gasteiger partial charge in [-0.15, -0.1) is 0 Å². The fraction of sp³-hybridized carbons (Fsp3) is 0.333. The highest BCUT2D eigenvalue weighted by Gasteiger charge is 2.23. The molecule has 0 aliphatic carbocycles. The number of carbonyl (C=O) groups is 1. The molecule has 0 saturated carbocycles. The second-order valence-corrected chi connectivity index (χ2v) is 13.4. The van der Waals surface area contributed by atoms with Gasteiger partial charge in [0.25, 0.3) is 5.56 Å². The Labute approximate surface area is 287 Å². The van der Waals surface area contributed by atoms with Crippen LogP contribution >= 0.6 is 0 Å². The van der Waals surface area contributed by atoms with Crippen LogP contribution in [0.3, 0.4) is 0 Å². The number of H-pyrrole nitrogens is 1. The number of aryl methyl sites for hydroxylation is 1. The van der Waals surface area contributed by atoms with Gasteiger partial charge in [-0.25, -0.2) is 4.79 Å². The van der Waals surface area contributed by atoms with Crippen LogP contribution in [0.25, 0.3) is 11.1 Å². The number of rotatable bonds is 13. The van der Waals surface area contributed by atoms with E-state index in [0.717, 1.165) is 35.2 Å². The van der Waals surface area contributed by atoms with Crippen molar-refractivity contribution in [2.75, 3.05) is 10.6 Å². The first-order valence-electron chi connectivity index (χ1n) is 16.8. The molecule has 3 heterocycles. The predicted molar refractivity (Wildman–Crippen MR) is 195 cm³/mol. The lowest BCUT2D eigenvalue weighted by atomic mass is 9.85. The van der Waals surface area contributed by atoms with E-state index in [0.29, 0.717) is 47.9 Å². The fourth-order valence-electron chi connectivity index (χ4n) is 5.56. The summed E-state index contributed by atoms with van der Waals surface area (Å²) in [5.74, 6) is 1.16. The van der Waals surface area contributed by atoms with Crippen LogP contribution in [0.4, 0.5) is 16.2 Å². The van der Waals surface area contributed by atoms with E-state index >= 15 is 0 Å². The molecule has 0 unspecified atom stereocenters. The van der Waals surface area contributed by atoms with Crippen LogP contribution in [-0.2, 0) is 25.0 Å². The van der Waals surface area contributed by atoms with Crippen molar-refractivity contribution in [3.05, 3.63) is 118 Å². The second kappa shape index (κ2) is 15.7. The Balaban J connectivity index is 1.53. The minimum absolute atomic E-state index is 0.130. The maximum atomic E-state index is 14.1. The van der Waals surface area contributed by atoms with Crippen LogP contribution in [0.15, 0.2) is 90.2 Å². The summed E-state index contributed by atoms with van der Waals surface area (Å²) in [4.78, 5) is 32.1. The Morgan fingerprint density at radius 2 is 1.84 bits per heavy atom. The Kier molecular flexibility index (Phi) is 11.2. The zero-order chi connectivity index (χ0) is 35.0. The van der Waals surface area contributed by atoms with Crippen LogP contribution in [0.1, 0.15) is 76.8 Å². The molecule has 0 atom stereocenters. The van der Waals surface area contributed by atoms with Crippen molar-refractivity contribution < 1.29 is 14.3 Å². The SMILES string of the molecule is CCCCn1ccc(-c2cc(OCc3cccnc3)ccc2OC(C)C)c(NC(=O)Nc2cc(Cc3cc[nH]n3)ccc2C(C)(C)C)c1=O. The molecule has 49 heavy (non-hydrogen) atoms. The summed E-state index contributed by atoms with van der Waals surface area (Å²) >= 11 is 0. The Morgan fingerprint density at radius 3 is 2.53 bits per heavy atom. The van der Waals surface area contributed by atoms with Crippen LogP contribution in [0, 0.1) is 0 Å². The molecule has 5 aromatic rings. The van der Waals surface area contributed by atoms with Crippen molar-refractivity contribution in [2.24, 2.45) is 0 Å². The molecule has 0 fully saturated rings. The van der Waals surface area contributed by atoms with E-state index in [2.05, 4.69) is 59.6 Å². The monoisotopic (exact) mass is 662 g/mol. The summed E-state index contributed by atoms with van der Waals surface area (Å²) in [5, 5.41) is 13.1. The molecule has 0 saturated heterocycles. The highest BCUT2D eigenvalue weighted by atomic mass is 16.5. The van der Waals surface area contributed by atoms with Crippen LogP contribution in [0.2, 0.25) is 0 Å². The molecule has 0 aliphatic heterocycles. The van der Waals surface area contributed by atoms with Gasteiger partial charge < -0.3 is 24.7 Å². The normalized spacial score (nSPS) is 11.4. The van der Waals surface area contributed by atoms with Gasteiger partial charge in [0, 0.05) is 60.1 Å². The predicted octanol–water partition coefficient (Wildman–Crippen LogP) is 8.33. The first-order valence-corrected chi connectivity index (χ1v) is 16.8. The molecule has 3 aromatic heterocycles. The van der Waals surface area contributed by atoms with Crippen molar-refractivity contribution in [2.45, 2.75) is 85.5 Å². The van der Waals surface area contributed by atoms with E-state index in [1.54, 1.807) is 29.4 Å². The largest absolute Gasteiger partial charge is 0.490 e. The van der Waals surface area contributed by atoms with E-state index < -0.39 is 6.03 Å². The zero-order valence-corrected chi connectivity index (χ0v) is 29.2. The van der Waals surface area contributed by atoms with Gasteiger partial charge in [-0.3, -0.25) is 14.9 Å². The number of nitrogens with zero attached hydrogens (tertiary/aromatic N) is 3. The van der Waals surface area contributed by atoms with Gasteiger partial charge in [0.15, 0.2) is 0 Å². The molecule has 256 valence electrons. The van der Waals surface area contributed by atoms with E-state index in [9.17, 15) is 9.59 Å². The number of anilines is 2. The van der Waals surface area contributed by atoms with Crippen LogP contribution < -0.4 is 25.7 Å². The number of hydrogen-bond donors (Lipinski definition) is 3. The van der Waals surface area contributed by atoms with Crippen molar-refractivity contribution in [1.82, 2.24) is 19.7 Å². The summed E-state index contributed by atoms with van der Waals surface area (Å²) in [6.07, 6.45) is 9.25. The molecule has 0 spiro atoms. The van der Waals surface area contributed by atoms with Crippen molar-refractivity contribution >= 4 is 17.4 Å². The summed E-state index contributed by atoms with van der Waals surface area (Å²) < 4.78 is 14.0. The smallest absolute Gasteiger partial charge is 0.323 e. The first kappa shape index (κ1) is 34.9. The number of hydrogen-bond acceptors (Lipinski definition) is 6. The third-order valence-corrected chi connectivity index (χ3v) is 7.97. The van der Waals surface area contributed by atoms with Crippen molar-refractivity contribution in [3.63, 3.8) is 0 Å². The summed E-state index contributed by atoms with van der Waals surface area (Å²) in [6.45, 7) is 13.1. The number of ether oxygens (including phenoxy) is 2. The molecule has 0 radical (unpaired) electrons. The number of pyridine rings is 2. The van der Waals surface area contributed by atoms with Crippen LogP contribution in [0.5, 0.6) is 11.5 Å². The van der Waals surface area contributed by atoms with Gasteiger partial charge in [0.05, 0.1) is 11.8 Å². The highest BCUT2D eigenvalue weighted by Crippen LogP contribution is 2.38. The molecule has 10 nitrogen and oxygen atoms in total. The summed E-state index contributed by atoms with van der Waals surface area (Å²) in [5.41, 5.74) is 5.19. The number of amides is 2. The highest BCUT2D eigenvalue weighted by molar-refractivity contribution is 6.03. The van der Waals surface area contributed by atoms with Gasteiger partial charge in [0.1, 0.15) is 23.8 Å². The molecule has 3 N–H and O–H groups in total. The number of nitrogens with one attached hydrogen (secondary N) is 3. The van der Waals surface area contributed by atoms with Crippen molar-refractivity contribution in [3.8, 4) is 22.6 Å². The molecular formula is C39H46N6O4. The molecular weight excluding hydrogens is 616 g/mol. The average molecular weight is 663 g/mol. The topological polar surface area (TPSA) is 123 Å². The van der Waals surface area contributed by atoms with Gasteiger partial charge in [-0.1, -0.05) is 52.3 Å². The number of unbranched alkanes of at least 4 members (excludes halogenated alkanes) is 1. The Hall–Kier alpha value is -5.38. The number of benzene rings is 2. The number of aromatic amines is 1. The lowest BCUT2D eigenvalue weighted by molar-refractivity contribution is 0.242. The maximum Gasteiger partial charge on any atom is 0.323 e. The first-order chi connectivity index (χ1) is 23.5. The van der Waals surface area contributed by atoms with Gasteiger partial charge >= 0.3 is 6.03 Å². The maximum absolute atomic E-state index is 14.1. The van der Waals surface area contributed by atoms with E-state index in [1.165, 1.54) is 0 Å². The fourth-order valence-corrected chi connectivity index (χ4v) is 5.56. The molecule has 0 aliphatic rings. The number of carbonyl (C=O) groups excluding carboxylic acids is 1. The number of aromatic nitrogens is 4. The number of urea groups is 1.